The number of rotatable bonds is 7. The highest BCUT2D eigenvalue weighted by Crippen LogP contribution is 2.37. The zero-order valence-corrected chi connectivity index (χ0v) is 19.9. The molecule has 3 N–H and O–H groups in total. The fourth-order valence-electron chi connectivity index (χ4n) is 3.20. The van der Waals surface area contributed by atoms with Crippen LogP contribution in [-0.2, 0) is 4.79 Å². The second-order valence-electron chi connectivity index (χ2n) is 7.28. The highest BCUT2D eigenvalue weighted by molar-refractivity contribution is 8.00. The van der Waals surface area contributed by atoms with Gasteiger partial charge in [0.05, 0.1) is 18.5 Å². The normalized spacial score (nSPS) is 11.6. The lowest BCUT2D eigenvalue weighted by atomic mass is 10.1. The summed E-state index contributed by atoms with van der Waals surface area (Å²) in [6.07, 6.45) is 0. The Labute approximate surface area is 203 Å². The maximum atomic E-state index is 12.6. The number of hydrogen-bond acceptors (Lipinski definition) is 8. The van der Waals surface area contributed by atoms with Crippen molar-refractivity contribution in [1.82, 2.24) is 15.0 Å². The van der Waals surface area contributed by atoms with Crippen LogP contribution in [0.1, 0.15) is 21.4 Å². The number of methoxy groups -OCH3 is 1. The van der Waals surface area contributed by atoms with Crippen LogP contribution in [0.15, 0.2) is 63.9 Å². The number of nitrogens with two attached hydrogens (primary N) is 1. The van der Waals surface area contributed by atoms with Crippen LogP contribution >= 0.6 is 23.1 Å². The monoisotopic (exact) mass is 489 g/mol. The molecule has 0 fully saturated rings. The zero-order chi connectivity index (χ0) is 24.2. The van der Waals surface area contributed by atoms with E-state index in [-0.39, 0.29) is 16.4 Å². The van der Waals surface area contributed by atoms with Gasteiger partial charge in [-0.25, -0.2) is 9.97 Å². The average molecular weight is 490 g/mol. The second kappa shape index (κ2) is 9.91. The molecule has 4 aromatic rings. The minimum atomic E-state index is -0.876. The largest absolute Gasteiger partial charge is 0.497 e. The summed E-state index contributed by atoms with van der Waals surface area (Å²) in [4.78, 5) is 36.6. The molecule has 0 aliphatic rings. The maximum Gasteiger partial charge on any atom is 0.270 e. The molecule has 0 aliphatic carbocycles. The van der Waals surface area contributed by atoms with Crippen LogP contribution in [0.25, 0.3) is 22.5 Å². The topological polar surface area (TPSA) is 135 Å². The number of hydrogen-bond donors (Lipinski definition) is 2. The number of nitriles is 1. The molecule has 0 saturated heterocycles. The van der Waals surface area contributed by atoms with E-state index in [9.17, 15) is 14.9 Å². The van der Waals surface area contributed by atoms with Crippen molar-refractivity contribution < 1.29 is 9.53 Å². The molecule has 2 heterocycles. The number of aryl methyl sites for hydroxylation is 1. The van der Waals surface area contributed by atoms with E-state index in [1.165, 1.54) is 18.4 Å². The summed E-state index contributed by atoms with van der Waals surface area (Å²) >= 11 is 2.28. The molecule has 1 amide bonds. The zero-order valence-electron chi connectivity index (χ0n) is 18.2. The van der Waals surface area contributed by atoms with E-state index in [0.717, 1.165) is 28.6 Å². The molecule has 1 atom stereocenters. The Balaban J connectivity index is 1.71. The van der Waals surface area contributed by atoms with E-state index < -0.39 is 16.7 Å². The lowest BCUT2D eigenvalue weighted by molar-refractivity contribution is -0.117. The van der Waals surface area contributed by atoms with Gasteiger partial charge in [-0.05, 0) is 19.1 Å². The van der Waals surface area contributed by atoms with Crippen molar-refractivity contribution in [1.29, 1.82) is 5.26 Å². The standard InChI is InChI=1S/C24H19N5O3S2/c1-13-6-8-14(9-7-13)18-12-33-23(27-18)20(21(26)30)34-24-28-19(17(11-25)22(31)29-24)15-4-3-5-16(10-15)32-2/h3-10,12,20H,1-2H3,(H2,26,30)(H,28,29,31). The number of thiazole rings is 1. The lowest BCUT2D eigenvalue weighted by Gasteiger charge is -2.11. The Kier molecular flexibility index (Phi) is 6.77. The number of aromatic nitrogens is 3. The van der Waals surface area contributed by atoms with Crippen molar-refractivity contribution in [2.45, 2.75) is 17.3 Å². The smallest absolute Gasteiger partial charge is 0.270 e. The first kappa shape index (κ1) is 23.2. The molecule has 170 valence electrons. The minimum Gasteiger partial charge on any atom is -0.497 e. The predicted molar refractivity (Wildman–Crippen MR) is 132 cm³/mol. The number of primary amides is 1. The van der Waals surface area contributed by atoms with Gasteiger partial charge in [-0.3, -0.25) is 9.59 Å². The molecule has 0 radical (unpaired) electrons. The van der Waals surface area contributed by atoms with Crippen molar-refractivity contribution >= 4 is 29.0 Å². The number of carbonyl (C=O) groups is 1. The summed E-state index contributed by atoms with van der Waals surface area (Å²) in [7, 11) is 1.52. The van der Waals surface area contributed by atoms with E-state index in [2.05, 4.69) is 15.0 Å². The van der Waals surface area contributed by atoms with Gasteiger partial charge in [0, 0.05) is 16.5 Å². The van der Waals surface area contributed by atoms with Gasteiger partial charge in [0.2, 0.25) is 5.91 Å². The highest BCUT2D eigenvalue weighted by Gasteiger charge is 2.26. The van der Waals surface area contributed by atoms with Gasteiger partial charge < -0.3 is 15.5 Å². The lowest BCUT2D eigenvalue weighted by Crippen LogP contribution is -2.21. The molecule has 2 aromatic carbocycles. The third kappa shape index (κ3) is 4.85. The van der Waals surface area contributed by atoms with Crippen LogP contribution in [0.5, 0.6) is 5.75 Å². The van der Waals surface area contributed by atoms with Crippen molar-refractivity contribution in [2.24, 2.45) is 5.73 Å². The van der Waals surface area contributed by atoms with E-state index in [1.807, 2.05) is 42.6 Å². The van der Waals surface area contributed by atoms with Gasteiger partial charge in [-0.2, -0.15) is 5.26 Å². The molecule has 34 heavy (non-hydrogen) atoms. The molecule has 0 aliphatic heterocycles. The first-order chi connectivity index (χ1) is 16.4. The van der Waals surface area contributed by atoms with Crippen molar-refractivity contribution in [3.05, 3.63) is 80.4 Å². The Hall–Kier alpha value is -3.94. The van der Waals surface area contributed by atoms with E-state index in [0.29, 0.717) is 16.3 Å². The number of nitrogens with zero attached hydrogens (tertiary/aromatic N) is 3. The third-order valence-electron chi connectivity index (χ3n) is 4.93. The Morgan fingerprint density at radius 2 is 1.97 bits per heavy atom. The third-order valence-corrected chi connectivity index (χ3v) is 7.10. The average Bonchev–Trinajstić information content (AvgIpc) is 3.32. The number of amides is 1. The van der Waals surface area contributed by atoms with Crippen LogP contribution in [0.2, 0.25) is 0 Å². The maximum absolute atomic E-state index is 12.6. The molecule has 0 bridgehead atoms. The first-order valence-corrected chi connectivity index (χ1v) is 11.8. The Morgan fingerprint density at radius 3 is 2.65 bits per heavy atom. The van der Waals surface area contributed by atoms with E-state index >= 15 is 0 Å². The summed E-state index contributed by atoms with van der Waals surface area (Å²) in [6.45, 7) is 2.00. The molecule has 0 saturated carbocycles. The van der Waals surface area contributed by atoms with Crippen LogP contribution < -0.4 is 16.0 Å². The summed E-state index contributed by atoms with van der Waals surface area (Å²) < 4.78 is 5.24. The van der Waals surface area contributed by atoms with Gasteiger partial charge in [0.15, 0.2) is 5.16 Å². The molecular formula is C24H19N5O3S2. The van der Waals surface area contributed by atoms with E-state index in [4.69, 9.17) is 10.5 Å². The number of H-pyrrole nitrogens is 1. The van der Waals surface area contributed by atoms with Crippen molar-refractivity contribution in [3.63, 3.8) is 0 Å². The number of aromatic amines is 1. The predicted octanol–water partition coefficient (Wildman–Crippen LogP) is 4.07. The second-order valence-corrected chi connectivity index (χ2v) is 9.26. The van der Waals surface area contributed by atoms with Crippen LogP contribution in [-0.4, -0.2) is 28.0 Å². The Bertz CT molecular complexity index is 1450. The van der Waals surface area contributed by atoms with Gasteiger partial charge in [0.1, 0.15) is 27.6 Å². The van der Waals surface area contributed by atoms with Gasteiger partial charge >= 0.3 is 0 Å². The van der Waals surface area contributed by atoms with E-state index in [1.54, 1.807) is 24.3 Å². The van der Waals surface area contributed by atoms with Crippen LogP contribution in [0.4, 0.5) is 0 Å². The number of benzene rings is 2. The molecule has 2 aromatic heterocycles. The number of ether oxygens (including phenoxy) is 1. The summed E-state index contributed by atoms with van der Waals surface area (Å²) in [5.74, 6) is -0.0659. The first-order valence-electron chi connectivity index (χ1n) is 10.1. The van der Waals surface area contributed by atoms with Gasteiger partial charge in [-0.1, -0.05) is 53.7 Å². The number of nitrogens with one attached hydrogen (secondary N) is 1. The summed E-state index contributed by atoms with van der Waals surface area (Å²) in [6, 6.07) is 16.7. The molecule has 4 rings (SSSR count). The minimum absolute atomic E-state index is 0.135. The SMILES string of the molecule is COc1cccc(-c2nc(SC(C(N)=O)c3nc(-c4ccc(C)cc4)cs3)[nH]c(=O)c2C#N)c1. The molecule has 8 nitrogen and oxygen atoms in total. The van der Waals surface area contributed by atoms with Crippen LogP contribution in [0.3, 0.4) is 0 Å². The van der Waals surface area contributed by atoms with Crippen LogP contribution in [0, 0.1) is 18.3 Å². The molecule has 0 spiro atoms. The quantitative estimate of drug-likeness (QED) is 0.295. The van der Waals surface area contributed by atoms with Gasteiger partial charge in [-0.15, -0.1) is 11.3 Å². The molecule has 1 unspecified atom stereocenters. The highest BCUT2D eigenvalue weighted by atomic mass is 32.2. The number of thioether (sulfide) groups is 1. The fourth-order valence-corrected chi connectivity index (χ4v) is 5.11. The number of carbonyl (C=O) groups excluding carboxylic acids is 1. The fraction of sp³-hybridized carbons (Fsp3) is 0.125. The summed E-state index contributed by atoms with van der Waals surface area (Å²) in [5.41, 5.74) is 8.45. The Morgan fingerprint density at radius 1 is 1.21 bits per heavy atom. The molecular weight excluding hydrogens is 470 g/mol. The molecule has 10 heteroatoms. The van der Waals surface area contributed by atoms with Gasteiger partial charge in [0.25, 0.3) is 5.56 Å². The summed E-state index contributed by atoms with van der Waals surface area (Å²) in [5, 5.41) is 11.1. The van der Waals surface area contributed by atoms with Crippen molar-refractivity contribution in [2.75, 3.05) is 7.11 Å². The van der Waals surface area contributed by atoms with Crippen molar-refractivity contribution in [3.8, 4) is 34.3 Å².